The first-order chi connectivity index (χ1) is 13.1. The first-order valence-corrected chi connectivity index (χ1v) is 11.3. The molecule has 0 radical (unpaired) electrons. The molecule has 0 bridgehead atoms. The summed E-state index contributed by atoms with van der Waals surface area (Å²) in [6.45, 7) is 0. The van der Waals surface area contributed by atoms with Crippen LogP contribution in [0.2, 0.25) is 5.02 Å². The van der Waals surface area contributed by atoms with E-state index in [9.17, 15) is 0 Å². The van der Waals surface area contributed by atoms with E-state index in [0.717, 1.165) is 47.9 Å². The van der Waals surface area contributed by atoms with Crippen LogP contribution in [0.5, 0.6) is 5.75 Å². The minimum atomic E-state index is -0.232. The monoisotopic (exact) mass is 522 g/mol. The quantitative estimate of drug-likeness (QED) is 0.355. The minimum Gasteiger partial charge on any atom is -0.462 e. The smallest absolute Gasteiger partial charge is 0.223 e. The lowest BCUT2D eigenvalue weighted by Gasteiger charge is -2.38. The van der Waals surface area contributed by atoms with Crippen molar-refractivity contribution in [3.8, 4) is 5.75 Å². The molecule has 0 saturated carbocycles. The number of benzene rings is 2. The average molecular weight is 525 g/mol. The predicted octanol–water partition coefficient (Wildman–Crippen LogP) is 7.17. The maximum absolute atomic E-state index is 6.42. The molecule has 0 spiro atoms. The molecule has 0 saturated heterocycles. The number of rotatable bonds is 2. The van der Waals surface area contributed by atoms with E-state index in [1.54, 1.807) is 11.3 Å². The molecule has 0 amide bonds. The molecule has 2 unspecified atom stereocenters. The van der Waals surface area contributed by atoms with Gasteiger partial charge in [-0.1, -0.05) is 45.7 Å². The Hall–Kier alpha value is -1.34. The van der Waals surface area contributed by atoms with Gasteiger partial charge in [-0.05, 0) is 57.2 Å². The molecule has 2 atom stereocenters. The molecule has 7 heteroatoms. The third kappa shape index (κ3) is 3.12. The van der Waals surface area contributed by atoms with Gasteiger partial charge in [-0.2, -0.15) is 5.10 Å². The predicted molar refractivity (Wildman–Crippen MR) is 117 cm³/mol. The number of hydrazone groups is 1. The Bertz CT molecular complexity index is 1040. The van der Waals surface area contributed by atoms with E-state index in [2.05, 4.69) is 54.4 Å². The zero-order chi connectivity index (χ0) is 18.5. The third-order valence-electron chi connectivity index (χ3n) is 4.77. The Morgan fingerprint density at radius 1 is 1.15 bits per heavy atom. The number of ether oxygens (including phenoxy) is 1. The number of hydrogen-bond acceptors (Lipinski definition) is 4. The van der Waals surface area contributed by atoms with E-state index in [4.69, 9.17) is 21.4 Å². The van der Waals surface area contributed by atoms with Crippen molar-refractivity contribution in [1.29, 1.82) is 0 Å². The Morgan fingerprint density at radius 3 is 2.70 bits per heavy atom. The summed E-state index contributed by atoms with van der Waals surface area (Å²) in [4.78, 5) is 1.14. The van der Waals surface area contributed by atoms with Crippen molar-refractivity contribution in [3.05, 3.63) is 83.9 Å². The van der Waals surface area contributed by atoms with E-state index in [1.807, 2.05) is 36.4 Å². The van der Waals surface area contributed by atoms with Crippen LogP contribution in [0, 0.1) is 0 Å². The van der Waals surface area contributed by atoms with Crippen LogP contribution >= 0.6 is 54.8 Å². The molecule has 1 aromatic heterocycles. The first kappa shape index (κ1) is 17.7. The fraction of sp³-hybridized carbons (Fsp3) is 0.150. The number of fused-ring (bicyclic) bond motifs is 3. The van der Waals surface area contributed by atoms with Gasteiger partial charge in [0, 0.05) is 21.5 Å². The molecule has 0 aliphatic carbocycles. The SMILES string of the molecule is Clc1ccc(C2=NN3C(C2)c2cc(Br)cc(Br)c2OC3c2cccs2)cc1. The van der Waals surface area contributed by atoms with Crippen LogP contribution in [0.3, 0.4) is 0 Å². The fourth-order valence-corrected chi connectivity index (χ4v) is 5.77. The Morgan fingerprint density at radius 2 is 1.96 bits per heavy atom. The highest BCUT2D eigenvalue weighted by atomic mass is 79.9. The standard InChI is InChI=1S/C20H13Br2ClN2OS/c21-12-8-14-17-10-16(11-3-5-13(23)6-4-11)24-25(17)20(18-2-1-7-27-18)26-19(14)15(22)9-12/h1-9,17,20H,10H2. The van der Waals surface area contributed by atoms with Gasteiger partial charge in [0.2, 0.25) is 6.23 Å². The number of nitrogens with zero attached hydrogens (tertiary/aromatic N) is 2. The number of hydrogen-bond donors (Lipinski definition) is 0. The van der Waals surface area contributed by atoms with Crippen LogP contribution in [0.25, 0.3) is 0 Å². The normalized spacial score (nSPS) is 20.7. The molecule has 3 heterocycles. The van der Waals surface area contributed by atoms with Gasteiger partial charge in [-0.3, -0.25) is 0 Å². The van der Waals surface area contributed by atoms with Gasteiger partial charge >= 0.3 is 0 Å². The summed E-state index contributed by atoms with van der Waals surface area (Å²) in [6.07, 6.45) is 0.590. The summed E-state index contributed by atoms with van der Waals surface area (Å²) in [5.74, 6) is 0.894. The van der Waals surface area contributed by atoms with Gasteiger partial charge in [-0.25, -0.2) is 5.01 Å². The molecule has 2 aromatic carbocycles. The summed E-state index contributed by atoms with van der Waals surface area (Å²) < 4.78 is 8.39. The van der Waals surface area contributed by atoms with Crippen molar-refractivity contribution >= 4 is 60.5 Å². The lowest BCUT2D eigenvalue weighted by atomic mass is 9.96. The van der Waals surface area contributed by atoms with Gasteiger partial charge in [0.25, 0.3) is 0 Å². The summed E-state index contributed by atoms with van der Waals surface area (Å²) in [5.41, 5.74) is 3.27. The molecule has 27 heavy (non-hydrogen) atoms. The second-order valence-corrected chi connectivity index (χ2v) is 9.63. The van der Waals surface area contributed by atoms with Gasteiger partial charge in [0.1, 0.15) is 5.75 Å². The van der Waals surface area contributed by atoms with Crippen LogP contribution in [0.1, 0.15) is 34.7 Å². The van der Waals surface area contributed by atoms with Crippen LogP contribution in [-0.4, -0.2) is 10.7 Å². The van der Waals surface area contributed by atoms with Crippen LogP contribution < -0.4 is 4.74 Å². The molecule has 3 aromatic rings. The van der Waals surface area contributed by atoms with Crippen LogP contribution in [0.15, 0.2) is 68.0 Å². The second-order valence-electron chi connectivity index (χ2n) is 6.45. The second kappa shape index (κ2) is 6.92. The summed E-state index contributed by atoms with van der Waals surface area (Å²) in [7, 11) is 0. The molecule has 136 valence electrons. The highest BCUT2D eigenvalue weighted by Crippen LogP contribution is 2.51. The first-order valence-electron chi connectivity index (χ1n) is 8.41. The van der Waals surface area contributed by atoms with E-state index < -0.39 is 0 Å². The van der Waals surface area contributed by atoms with Gasteiger partial charge in [-0.15, -0.1) is 11.3 Å². The molecule has 0 fully saturated rings. The molecule has 5 rings (SSSR count). The third-order valence-corrected chi connectivity index (χ3v) is 6.97. The number of halogens is 3. The largest absolute Gasteiger partial charge is 0.462 e. The van der Waals surface area contributed by atoms with Crippen LogP contribution in [0.4, 0.5) is 0 Å². The minimum absolute atomic E-state index is 0.125. The Kier molecular flexibility index (Phi) is 4.55. The van der Waals surface area contributed by atoms with E-state index >= 15 is 0 Å². The molecule has 3 nitrogen and oxygen atoms in total. The lowest BCUT2D eigenvalue weighted by Crippen LogP contribution is -2.33. The van der Waals surface area contributed by atoms with Crippen LogP contribution in [-0.2, 0) is 0 Å². The van der Waals surface area contributed by atoms with Crippen molar-refractivity contribution in [3.63, 3.8) is 0 Å². The van der Waals surface area contributed by atoms with Crippen molar-refractivity contribution in [1.82, 2.24) is 5.01 Å². The Labute approximate surface area is 182 Å². The molecular formula is C20H13Br2ClN2OS. The van der Waals surface area contributed by atoms with E-state index in [0.29, 0.717) is 0 Å². The average Bonchev–Trinajstić information content (AvgIpc) is 3.32. The summed E-state index contributed by atoms with van der Waals surface area (Å²) >= 11 is 15.0. The molecule has 0 N–H and O–H groups in total. The lowest BCUT2D eigenvalue weighted by molar-refractivity contribution is -0.0172. The van der Waals surface area contributed by atoms with Gasteiger partial charge in [0.15, 0.2) is 0 Å². The zero-order valence-electron chi connectivity index (χ0n) is 13.9. The van der Waals surface area contributed by atoms with E-state index in [-0.39, 0.29) is 12.3 Å². The topological polar surface area (TPSA) is 24.8 Å². The molecule has 2 aliphatic heterocycles. The Balaban J connectivity index is 1.62. The van der Waals surface area contributed by atoms with Gasteiger partial charge < -0.3 is 4.74 Å². The van der Waals surface area contributed by atoms with Crippen molar-refractivity contribution in [2.24, 2.45) is 5.10 Å². The highest BCUT2D eigenvalue weighted by molar-refractivity contribution is 9.11. The zero-order valence-corrected chi connectivity index (χ0v) is 18.6. The van der Waals surface area contributed by atoms with Crippen molar-refractivity contribution < 1.29 is 4.74 Å². The van der Waals surface area contributed by atoms with E-state index in [1.165, 1.54) is 0 Å². The maximum Gasteiger partial charge on any atom is 0.223 e. The number of thiophene rings is 1. The highest BCUT2D eigenvalue weighted by Gasteiger charge is 2.42. The van der Waals surface area contributed by atoms with Crippen molar-refractivity contribution in [2.45, 2.75) is 18.7 Å². The summed E-state index contributed by atoms with van der Waals surface area (Å²) in [6, 6.07) is 16.3. The molecular weight excluding hydrogens is 512 g/mol. The van der Waals surface area contributed by atoms with Gasteiger partial charge in [0.05, 0.1) is 21.1 Å². The fourth-order valence-electron chi connectivity index (χ4n) is 3.55. The van der Waals surface area contributed by atoms with Crippen molar-refractivity contribution in [2.75, 3.05) is 0 Å². The maximum atomic E-state index is 6.42. The summed E-state index contributed by atoms with van der Waals surface area (Å²) in [5, 5.41) is 9.86. The molecule has 2 aliphatic rings.